The SMILES string of the molecule is O=C(CSc1nncs1)c1ccc(F)c(F)c1. The van der Waals surface area contributed by atoms with Crippen molar-refractivity contribution < 1.29 is 13.6 Å². The Hall–Kier alpha value is -1.34. The number of aromatic nitrogens is 2. The summed E-state index contributed by atoms with van der Waals surface area (Å²) in [5, 5.41) is 7.38. The first-order valence-corrected chi connectivity index (χ1v) is 6.40. The molecule has 3 nitrogen and oxygen atoms in total. The van der Waals surface area contributed by atoms with Crippen LogP contribution in [0.1, 0.15) is 10.4 Å². The minimum atomic E-state index is -1.02. The number of rotatable bonds is 4. The second kappa shape index (κ2) is 5.33. The third-order valence-corrected chi connectivity index (χ3v) is 3.77. The molecule has 0 unspecified atom stereocenters. The molecule has 2 aromatic rings. The third kappa shape index (κ3) is 3.07. The van der Waals surface area contributed by atoms with Crippen LogP contribution in [0.15, 0.2) is 28.0 Å². The van der Waals surface area contributed by atoms with Crippen LogP contribution in [0.25, 0.3) is 0 Å². The highest BCUT2D eigenvalue weighted by atomic mass is 32.2. The van der Waals surface area contributed by atoms with Crippen molar-refractivity contribution in [3.05, 3.63) is 40.9 Å². The van der Waals surface area contributed by atoms with E-state index in [1.165, 1.54) is 29.2 Å². The summed E-state index contributed by atoms with van der Waals surface area (Å²) in [7, 11) is 0. The molecule has 1 aromatic carbocycles. The lowest BCUT2D eigenvalue weighted by molar-refractivity contribution is 0.102. The minimum absolute atomic E-state index is 0.125. The highest BCUT2D eigenvalue weighted by Crippen LogP contribution is 2.20. The van der Waals surface area contributed by atoms with Gasteiger partial charge in [-0.15, -0.1) is 10.2 Å². The Morgan fingerprint density at radius 2 is 2.18 bits per heavy atom. The van der Waals surface area contributed by atoms with E-state index in [9.17, 15) is 13.6 Å². The van der Waals surface area contributed by atoms with Gasteiger partial charge in [-0.05, 0) is 18.2 Å². The molecule has 0 aliphatic rings. The number of hydrogen-bond acceptors (Lipinski definition) is 5. The second-order valence-electron chi connectivity index (χ2n) is 3.05. The molecular weight excluding hydrogens is 266 g/mol. The first-order valence-electron chi connectivity index (χ1n) is 4.54. The molecule has 1 heterocycles. The largest absolute Gasteiger partial charge is 0.293 e. The zero-order chi connectivity index (χ0) is 12.3. The van der Waals surface area contributed by atoms with Crippen LogP contribution in [0, 0.1) is 11.6 Å². The molecule has 0 aliphatic carbocycles. The first-order chi connectivity index (χ1) is 8.16. The first kappa shape index (κ1) is 12.1. The molecule has 0 N–H and O–H groups in total. The Morgan fingerprint density at radius 3 is 2.82 bits per heavy atom. The summed E-state index contributed by atoms with van der Waals surface area (Å²) < 4.78 is 26.2. The van der Waals surface area contributed by atoms with E-state index < -0.39 is 11.6 Å². The molecular formula is C10H6F2N2OS2. The van der Waals surface area contributed by atoms with Gasteiger partial charge in [0, 0.05) is 5.56 Å². The van der Waals surface area contributed by atoms with Crippen LogP contribution in [-0.2, 0) is 0 Å². The van der Waals surface area contributed by atoms with E-state index in [0.29, 0.717) is 4.34 Å². The zero-order valence-corrected chi connectivity index (χ0v) is 10.0. The maximum absolute atomic E-state index is 12.9. The van der Waals surface area contributed by atoms with Crippen LogP contribution in [0.2, 0.25) is 0 Å². The Balaban J connectivity index is 2.02. The number of halogens is 2. The zero-order valence-electron chi connectivity index (χ0n) is 8.39. The molecule has 0 saturated heterocycles. The van der Waals surface area contributed by atoms with E-state index in [-0.39, 0.29) is 17.1 Å². The Morgan fingerprint density at radius 1 is 1.35 bits per heavy atom. The van der Waals surface area contributed by atoms with Gasteiger partial charge in [-0.25, -0.2) is 8.78 Å². The van der Waals surface area contributed by atoms with E-state index >= 15 is 0 Å². The molecule has 0 fully saturated rings. The van der Waals surface area contributed by atoms with Gasteiger partial charge in [-0.1, -0.05) is 23.1 Å². The number of thioether (sulfide) groups is 1. The van der Waals surface area contributed by atoms with Crippen LogP contribution in [-0.4, -0.2) is 21.7 Å². The summed E-state index contributed by atoms with van der Waals surface area (Å²) in [6.07, 6.45) is 0. The molecule has 0 saturated carbocycles. The Kier molecular flexibility index (Phi) is 3.80. The number of ketones is 1. The average molecular weight is 272 g/mol. The van der Waals surface area contributed by atoms with E-state index in [4.69, 9.17) is 0 Å². The van der Waals surface area contributed by atoms with E-state index in [0.717, 1.165) is 12.1 Å². The quantitative estimate of drug-likeness (QED) is 0.634. The molecule has 0 atom stereocenters. The fourth-order valence-corrected chi connectivity index (χ4v) is 2.49. The van der Waals surface area contributed by atoms with Crippen LogP contribution in [0.5, 0.6) is 0 Å². The molecule has 88 valence electrons. The Bertz CT molecular complexity index is 531. The summed E-state index contributed by atoms with van der Waals surface area (Å²) in [5.41, 5.74) is 1.71. The highest BCUT2D eigenvalue weighted by molar-refractivity contribution is 8.01. The van der Waals surface area contributed by atoms with Gasteiger partial charge >= 0.3 is 0 Å². The van der Waals surface area contributed by atoms with Crippen molar-refractivity contribution in [2.24, 2.45) is 0 Å². The van der Waals surface area contributed by atoms with Gasteiger partial charge in [-0.3, -0.25) is 4.79 Å². The summed E-state index contributed by atoms with van der Waals surface area (Å²) in [4.78, 5) is 11.6. The predicted molar refractivity (Wildman–Crippen MR) is 61.3 cm³/mol. The van der Waals surface area contributed by atoms with Crippen LogP contribution >= 0.6 is 23.1 Å². The number of Topliss-reactive ketones (excluding diaryl/α,β-unsaturated/α-hetero) is 1. The monoisotopic (exact) mass is 272 g/mol. The normalized spacial score (nSPS) is 10.5. The molecule has 0 radical (unpaired) electrons. The fraction of sp³-hybridized carbons (Fsp3) is 0.100. The van der Waals surface area contributed by atoms with Crippen molar-refractivity contribution in [2.75, 3.05) is 5.75 Å². The van der Waals surface area contributed by atoms with Gasteiger partial charge in [0.25, 0.3) is 0 Å². The molecule has 17 heavy (non-hydrogen) atoms. The topological polar surface area (TPSA) is 42.9 Å². The maximum atomic E-state index is 12.9. The van der Waals surface area contributed by atoms with Gasteiger partial charge in [-0.2, -0.15) is 0 Å². The van der Waals surface area contributed by atoms with Crippen molar-refractivity contribution in [3.63, 3.8) is 0 Å². The minimum Gasteiger partial charge on any atom is -0.293 e. The summed E-state index contributed by atoms with van der Waals surface area (Å²) in [5.74, 6) is -2.13. The van der Waals surface area contributed by atoms with Gasteiger partial charge in [0.1, 0.15) is 5.51 Å². The van der Waals surface area contributed by atoms with Crippen LogP contribution in [0.4, 0.5) is 8.78 Å². The highest BCUT2D eigenvalue weighted by Gasteiger charge is 2.11. The van der Waals surface area contributed by atoms with E-state index in [1.807, 2.05) is 0 Å². The lowest BCUT2D eigenvalue weighted by Crippen LogP contribution is -2.03. The summed E-state index contributed by atoms with van der Waals surface area (Å²) in [6.45, 7) is 0. The number of nitrogens with zero attached hydrogens (tertiary/aromatic N) is 2. The van der Waals surface area contributed by atoms with Gasteiger partial charge in [0.2, 0.25) is 0 Å². The molecule has 0 bridgehead atoms. The van der Waals surface area contributed by atoms with Crippen molar-refractivity contribution in [1.29, 1.82) is 0 Å². The molecule has 0 aliphatic heterocycles. The summed E-state index contributed by atoms with van der Waals surface area (Å²) >= 11 is 2.54. The average Bonchev–Trinajstić information content (AvgIpc) is 2.82. The van der Waals surface area contributed by atoms with Crippen molar-refractivity contribution in [1.82, 2.24) is 10.2 Å². The second-order valence-corrected chi connectivity index (χ2v) is 5.10. The van der Waals surface area contributed by atoms with Crippen LogP contribution in [0.3, 0.4) is 0 Å². The summed E-state index contributed by atoms with van der Waals surface area (Å²) in [6, 6.07) is 3.11. The number of hydrogen-bond donors (Lipinski definition) is 0. The van der Waals surface area contributed by atoms with Gasteiger partial charge < -0.3 is 0 Å². The molecule has 1 aromatic heterocycles. The standard InChI is InChI=1S/C10H6F2N2OS2/c11-7-2-1-6(3-8(7)12)9(15)4-16-10-14-13-5-17-10/h1-3,5H,4H2. The van der Waals surface area contributed by atoms with Crippen molar-refractivity contribution >= 4 is 28.9 Å². The van der Waals surface area contributed by atoms with E-state index in [1.54, 1.807) is 5.51 Å². The fourth-order valence-electron chi connectivity index (χ4n) is 1.11. The van der Waals surface area contributed by atoms with Crippen molar-refractivity contribution in [2.45, 2.75) is 4.34 Å². The molecule has 0 amide bonds. The maximum Gasteiger partial charge on any atom is 0.174 e. The van der Waals surface area contributed by atoms with Crippen LogP contribution < -0.4 is 0 Å². The molecule has 2 rings (SSSR count). The van der Waals surface area contributed by atoms with Gasteiger partial charge in [0.05, 0.1) is 5.75 Å². The molecule has 7 heteroatoms. The Labute approximate surface area is 104 Å². The lowest BCUT2D eigenvalue weighted by atomic mass is 10.1. The van der Waals surface area contributed by atoms with Crippen molar-refractivity contribution in [3.8, 4) is 0 Å². The lowest BCUT2D eigenvalue weighted by Gasteiger charge is -2.00. The third-order valence-electron chi connectivity index (χ3n) is 1.91. The van der Waals surface area contributed by atoms with E-state index in [2.05, 4.69) is 10.2 Å². The number of benzene rings is 1. The van der Waals surface area contributed by atoms with Gasteiger partial charge in [0.15, 0.2) is 21.8 Å². The smallest absolute Gasteiger partial charge is 0.174 e. The number of carbonyl (C=O) groups is 1. The molecule has 0 spiro atoms. The predicted octanol–water partition coefficient (Wildman–Crippen LogP) is 2.79. The number of carbonyl (C=O) groups excluding carboxylic acids is 1.